The second kappa shape index (κ2) is 8.60. The maximum Gasteiger partial charge on any atom is 0.287 e. The zero-order chi connectivity index (χ0) is 15.0. The van der Waals surface area contributed by atoms with E-state index in [1.807, 2.05) is 0 Å². The van der Waals surface area contributed by atoms with Crippen molar-refractivity contribution in [2.75, 3.05) is 26.8 Å². The predicted octanol–water partition coefficient (Wildman–Crippen LogP) is 1.21. The Labute approximate surface area is 122 Å². The lowest BCUT2D eigenvalue weighted by atomic mass is 10.3. The molecule has 1 aromatic heterocycles. The van der Waals surface area contributed by atoms with Gasteiger partial charge in [0.1, 0.15) is 5.76 Å². The van der Waals surface area contributed by atoms with Crippen LogP contribution >= 0.6 is 11.6 Å². The van der Waals surface area contributed by atoms with Crippen LogP contribution in [0.4, 0.5) is 0 Å². The first-order valence-corrected chi connectivity index (χ1v) is 6.81. The van der Waals surface area contributed by atoms with Crippen LogP contribution in [0.1, 0.15) is 28.3 Å². The van der Waals surface area contributed by atoms with Gasteiger partial charge >= 0.3 is 0 Å². The van der Waals surface area contributed by atoms with Crippen LogP contribution in [-0.2, 0) is 15.4 Å². The van der Waals surface area contributed by atoms with E-state index in [0.29, 0.717) is 18.9 Å². The van der Waals surface area contributed by atoms with Crippen LogP contribution in [0.3, 0.4) is 0 Å². The summed E-state index contributed by atoms with van der Waals surface area (Å²) in [6, 6.07) is 1.58. The number of alkyl halides is 1. The first-order chi connectivity index (χ1) is 9.58. The highest BCUT2D eigenvalue weighted by Crippen LogP contribution is 2.16. The fourth-order valence-corrected chi connectivity index (χ4v) is 1.78. The van der Waals surface area contributed by atoms with E-state index in [2.05, 4.69) is 10.6 Å². The van der Waals surface area contributed by atoms with E-state index in [-0.39, 0.29) is 24.1 Å². The molecule has 1 rings (SSSR count). The molecular formula is C13H19ClN2O4. The first-order valence-electron chi connectivity index (χ1n) is 6.27. The highest BCUT2D eigenvalue weighted by molar-refractivity contribution is 6.17. The van der Waals surface area contributed by atoms with E-state index >= 15 is 0 Å². The number of carbonyl (C=O) groups excluding carboxylic acids is 2. The minimum Gasteiger partial charge on any atom is -0.456 e. The van der Waals surface area contributed by atoms with Gasteiger partial charge in [0.25, 0.3) is 5.91 Å². The monoisotopic (exact) mass is 302 g/mol. The molecule has 0 atom stereocenters. The van der Waals surface area contributed by atoms with Gasteiger partial charge in [-0.15, -0.1) is 11.6 Å². The lowest BCUT2D eigenvalue weighted by Crippen LogP contribution is -2.37. The smallest absolute Gasteiger partial charge is 0.287 e. The van der Waals surface area contributed by atoms with E-state index in [1.54, 1.807) is 20.1 Å². The van der Waals surface area contributed by atoms with Crippen LogP contribution in [0, 0.1) is 6.92 Å². The highest BCUT2D eigenvalue weighted by atomic mass is 35.5. The Bertz CT molecular complexity index is 459. The molecule has 2 N–H and O–H groups in total. The number of rotatable bonds is 8. The average Bonchev–Trinajstić information content (AvgIpc) is 2.82. The van der Waals surface area contributed by atoms with Gasteiger partial charge in [-0.3, -0.25) is 9.59 Å². The number of hydrogen-bond acceptors (Lipinski definition) is 4. The predicted molar refractivity (Wildman–Crippen MR) is 74.8 cm³/mol. The Morgan fingerprint density at radius 3 is 2.75 bits per heavy atom. The standard InChI is InChI=1S/C13H19ClN2O4/c1-9-10(7-14)6-11(20-9)13(18)16-8-12(17)15-4-3-5-19-2/h6H,3-5,7-8H2,1-2H3,(H,15,17)(H,16,18). The molecule has 1 heterocycles. The summed E-state index contributed by atoms with van der Waals surface area (Å²) in [5, 5.41) is 5.15. The fraction of sp³-hybridized carbons (Fsp3) is 0.538. The Morgan fingerprint density at radius 2 is 2.15 bits per heavy atom. The third-order valence-corrected chi connectivity index (χ3v) is 2.93. The lowest BCUT2D eigenvalue weighted by molar-refractivity contribution is -0.120. The van der Waals surface area contributed by atoms with Gasteiger partial charge in [0.15, 0.2) is 5.76 Å². The van der Waals surface area contributed by atoms with Crippen LogP contribution in [0.15, 0.2) is 10.5 Å². The van der Waals surface area contributed by atoms with Crippen LogP contribution in [0.25, 0.3) is 0 Å². The normalized spacial score (nSPS) is 10.3. The second-order valence-corrected chi connectivity index (χ2v) is 4.47. The SMILES string of the molecule is COCCCNC(=O)CNC(=O)c1cc(CCl)c(C)o1. The number of hydrogen-bond donors (Lipinski definition) is 2. The highest BCUT2D eigenvalue weighted by Gasteiger charge is 2.14. The molecular weight excluding hydrogens is 284 g/mol. The molecule has 6 nitrogen and oxygen atoms in total. The average molecular weight is 303 g/mol. The number of ether oxygens (including phenoxy) is 1. The van der Waals surface area contributed by atoms with Crippen molar-refractivity contribution in [3.63, 3.8) is 0 Å². The van der Waals surface area contributed by atoms with Gasteiger partial charge in [0.2, 0.25) is 5.91 Å². The zero-order valence-corrected chi connectivity index (χ0v) is 12.4. The summed E-state index contributed by atoms with van der Waals surface area (Å²) in [5.74, 6) is 0.356. The molecule has 0 fully saturated rings. The van der Waals surface area contributed by atoms with Crippen molar-refractivity contribution in [3.05, 3.63) is 23.2 Å². The summed E-state index contributed by atoms with van der Waals surface area (Å²) < 4.78 is 10.1. The minimum atomic E-state index is -0.434. The van der Waals surface area contributed by atoms with Gasteiger partial charge in [-0.05, 0) is 19.4 Å². The summed E-state index contributed by atoms with van der Waals surface area (Å²) in [4.78, 5) is 23.2. The lowest BCUT2D eigenvalue weighted by Gasteiger charge is -2.05. The number of nitrogens with one attached hydrogen (secondary N) is 2. The number of carbonyl (C=O) groups is 2. The van der Waals surface area contributed by atoms with E-state index in [1.165, 1.54) is 0 Å². The van der Waals surface area contributed by atoms with Crippen LogP contribution in [-0.4, -0.2) is 38.6 Å². The van der Waals surface area contributed by atoms with E-state index in [9.17, 15) is 9.59 Å². The molecule has 112 valence electrons. The van der Waals surface area contributed by atoms with E-state index in [0.717, 1.165) is 12.0 Å². The van der Waals surface area contributed by atoms with Crippen molar-refractivity contribution in [2.24, 2.45) is 0 Å². The van der Waals surface area contributed by atoms with Crippen LogP contribution < -0.4 is 10.6 Å². The quantitative estimate of drug-likeness (QED) is 0.559. The number of halogens is 1. The van der Waals surface area contributed by atoms with E-state index in [4.69, 9.17) is 20.8 Å². The number of amides is 2. The molecule has 0 aliphatic rings. The van der Waals surface area contributed by atoms with Crippen molar-refractivity contribution in [1.29, 1.82) is 0 Å². The summed E-state index contributed by atoms with van der Waals surface area (Å²) in [6.07, 6.45) is 0.729. The van der Waals surface area contributed by atoms with Crippen molar-refractivity contribution in [3.8, 4) is 0 Å². The third-order valence-electron chi connectivity index (χ3n) is 2.65. The Kier molecular flexibility index (Phi) is 7.11. The number of methoxy groups -OCH3 is 1. The van der Waals surface area contributed by atoms with Gasteiger partial charge < -0.3 is 19.8 Å². The minimum absolute atomic E-state index is 0.0955. The Balaban J connectivity index is 2.33. The molecule has 0 unspecified atom stereocenters. The van der Waals surface area contributed by atoms with Crippen molar-refractivity contribution in [1.82, 2.24) is 10.6 Å². The second-order valence-electron chi connectivity index (χ2n) is 4.20. The van der Waals surface area contributed by atoms with Gasteiger partial charge in [-0.2, -0.15) is 0 Å². The van der Waals surface area contributed by atoms with E-state index < -0.39 is 5.91 Å². The summed E-state index contributed by atoms with van der Waals surface area (Å²) >= 11 is 5.69. The number of furan rings is 1. The molecule has 2 amide bonds. The van der Waals surface area contributed by atoms with Crippen molar-refractivity contribution >= 4 is 23.4 Å². The summed E-state index contributed by atoms with van der Waals surface area (Å²) in [5.41, 5.74) is 0.765. The fourth-order valence-electron chi connectivity index (χ4n) is 1.52. The van der Waals surface area contributed by atoms with Gasteiger partial charge in [-0.25, -0.2) is 0 Å². The molecule has 0 aliphatic carbocycles. The molecule has 0 saturated carbocycles. The molecule has 7 heteroatoms. The topological polar surface area (TPSA) is 80.6 Å². The molecule has 20 heavy (non-hydrogen) atoms. The van der Waals surface area contributed by atoms with Crippen molar-refractivity contribution in [2.45, 2.75) is 19.2 Å². The first kappa shape index (κ1) is 16.5. The number of aryl methyl sites for hydroxylation is 1. The summed E-state index contributed by atoms with van der Waals surface area (Å²) in [7, 11) is 1.60. The molecule has 0 saturated heterocycles. The van der Waals surface area contributed by atoms with Gasteiger partial charge in [0, 0.05) is 25.8 Å². The maximum absolute atomic E-state index is 11.8. The molecule has 0 radical (unpaired) electrons. The van der Waals surface area contributed by atoms with Gasteiger partial charge in [0.05, 0.1) is 12.4 Å². The summed E-state index contributed by atoms with van der Waals surface area (Å²) in [6.45, 7) is 2.73. The zero-order valence-electron chi connectivity index (χ0n) is 11.6. The molecule has 1 aromatic rings. The Hall–Kier alpha value is -1.53. The molecule has 0 bridgehead atoms. The van der Waals surface area contributed by atoms with Gasteiger partial charge in [-0.1, -0.05) is 0 Å². The Morgan fingerprint density at radius 1 is 1.40 bits per heavy atom. The van der Waals surface area contributed by atoms with Crippen LogP contribution in [0.5, 0.6) is 0 Å². The van der Waals surface area contributed by atoms with Crippen molar-refractivity contribution < 1.29 is 18.7 Å². The largest absolute Gasteiger partial charge is 0.456 e. The molecule has 0 aromatic carbocycles. The molecule has 0 spiro atoms. The third kappa shape index (κ3) is 5.22. The van der Waals surface area contributed by atoms with Crippen LogP contribution in [0.2, 0.25) is 0 Å². The molecule has 0 aliphatic heterocycles. The maximum atomic E-state index is 11.8.